The van der Waals surface area contributed by atoms with E-state index in [1.54, 1.807) is 23.0 Å². The number of anilines is 1. The standard InChI is InChI=1S/C20H20FN5O2/c1-11-5-16(20(21)9-28-10-20)24-18(6-11)26-15-7-17(23-12(2)27)22-8-14(15)19(25-26)13-3-4-13/h5-8,13H,3-4,9-10H2,1-2H3,(H,22,23,27). The van der Waals surface area contributed by atoms with E-state index in [2.05, 4.69) is 15.3 Å². The molecular formula is C20H20FN5O2. The molecule has 0 bridgehead atoms. The molecule has 1 aliphatic carbocycles. The number of aromatic nitrogens is 4. The third-order valence-electron chi connectivity index (χ3n) is 5.16. The number of carbonyl (C=O) groups is 1. The number of nitrogens with one attached hydrogen (secondary N) is 1. The zero-order chi connectivity index (χ0) is 19.5. The van der Waals surface area contributed by atoms with E-state index in [1.165, 1.54) is 6.92 Å². The molecule has 1 saturated heterocycles. The molecule has 0 atom stereocenters. The minimum atomic E-state index is -1.55. The number of hydrogen-bond acceptors (Lipinski definition) is 5. The Bertz CT molecular complexity index is 1100. The summed E-state index contributed by atoms with van der Waals surface area (Å²) >= 11 is 0. The van der Waals surface area contributed by atoms with Crippen LogP contribution in [0, 0.1) is 6.92 Å². The van der Waals surface area contributed by atoms with E-state index in [4.69, 9.17) is 9.84 Å². The van der Waals surface area contributed by atoms with Gasteiger partial charge < -0.3 is 10.1 Å². The van der Waals surface area contributed by atoms with Crippen molar-refractivity contribution in [1.82, 2.24) is 19.7 Å². The fourth-order valence-corrected chi connectivity index (χ4v) is 3.53. The average Bonchev–Trinajstić information content (AvgIpc) is 3.39. The van der Waals surface area contributed by atoms with Gasteiger partial charge in [-0.2, -0.15) is 5.10 Å². The number of rotatable bonds is 4. The Hall–Kier alpha value is -2.87. The van der Waals surface area contributed by atoms with Gasteiger partial charge in [0.1, 0.15) is 5.82 Å². The molecule has 0 spiro atoms. The van der Waals surface area contributed by atoms with E-state index in [1.807, 2.05) is 13.0 Å². The lowest BCUT2D eigenvalue weighted by Crippen LogP contribution is -2.43. The molecule has 3 aromatic heterocycles. The van der Waals surface area contributed by atoms with Gasteiger partial charge in [0.2, 0.25) is 5.91 Å². The molecule has 2 aliphatic rings. The molecule has 0 radical (unpaired) electrons. The molecule has 7 nitrogen and oxygen atoms in total. The topological polar surface area (TPSA) is 81.9 Å². The Morgan fingerprint density at radius 2 is 2.11 bits per heavy atom. The number of aryl methyl sites for hydroxylation is 1. The van der Waals surface area contributed by atoms with E-state index < -0.39 is 5.67 Å². The Kier molecular flexibility index (Phi) is 3.74. The smallest absolute Gasteiger partial charge is 0.222 e. The number of nitrogens with zero attached hydrogens (tertiary/aromatic N) is 4. The molecule has 8 heteroatoms. The molecule has 1 N–H and O–H groups in total. The van der Waals surface area contributed by atoms with Gasteiger partial charge in [-0.15, -0.1) is 0 Å². The quantitative estimate of drug-likeness (QED) is 0.751. The van der Waals surface area contributed by atoms with Crippen molar-refractivity contribution in [2.24, 2.45) is 0 Å². The Morgan fingerprint density at radius 3 is 2.75 bits per heavy atom. The van der Waals surface area contributed by atoms with Gasteiger partial charge in [0.25, 0.3) is 0 Å². The van der Waals surface area contributed by atoms with Gasteiger partial charge in [0.05, 0.1) is 30.1 Å². The van der Waals surface area contributed by atoms with Crippen molar-refractivity contribution >= 4 is 22.6 Å². The van der Waals surface area contributed by atoms with Crippen LogP contribution in [0.3, 0.4) is 0 Å². The highest BCUT2D eigenvalue weighted by molar-refractivity contribution is 5.91. The summed E-state index contributed by atoms with van der Waals surface area (Å²) in [4.78, 5) is 20.3. The van der Waals surface area contributed by atoms with E-state index >= 15 is 0 Å². The molecule has 28 heavy (non-hydrogen) atoms. The molecular weight excluding hydrogens is 361 g/mol. The van der Waals surface area contributed by atoms with E-state index in [9.17, 15) is 9.18 Å². The van der Waals surface area contributed by atoms with Crippen LogP contribution in [0.25, 0.3) is 16.7 Å². The highest BCUT2D eigenvalue weighted by Crippen LogP contribution is 2.43. The normalized spacial score (nSPS) is 18.1. The van der Waals surface area contributed by atoms with Crippen molar-refractivity contribution in [2.75, 3.05) is 18.5 Å². The van der Waals surface area contributed by atoms with Crippen LogP contribution in [0.1, 0.15) is 42.6 Å². The first-order chi connectivity index (χ1) is 13.4. The Labute approximate surface area is 160 Å². The summed E-state index contributed by atoms with van der Waals surface area (Å²) in [6.45, 7) is 3.39. The lowest BCUT2D eigenvalue weighted by molar-refractivity contribution is -0.137. The fourth-order valence-electron chi connectivity index (χ4n) is 3.53. The van der Waals surface area contributed by atoms with Crippen molar-refractivity contribution in [3.05, 3.63) is 41.3 Å². The second kappa shape index (κ2) is 6.07. The Morgan fingerprint density at radius 1 is 1.32 bits per heavy atom. The minimum absolute atomic E-state index is 0.0205. The molecule has 1 amide bonds. The van der Waals surface area contributed by atoms with Crippen molar-refractivity contribution in [3.8, 4) is 5.82 Å². The number of carbonyl (C=O) groups excluding carboxylic acids is 1. The number of fused-ring (bicyclic) bond motifs is 1. The summed E-state index contributed by atoms with van der Waals surface area (Å²) in [6.07, 6.45) is 3.93. The summed E-state index contributed by atoms with van der Waals surface area (Å²) in [5.74, 6) is 1.22. The third-order valence-corrected chi connectivity index (χ3v) is 5.16. The van der Waals surface area contributed by atoms with E-state index in [-0.39, 0.29) is 19.1 Å². The van der Waals surface area contributed by atoms with Gasteiger partial charge in [-0.3, -0.25) is 4.79 Å². The molecule has 0 unspecified atom stereocenters. The van der Waals surface area contributed by atoms with E-state index in [0.717, 1.165) is 35.0 Å². The van der Waals surface area contributed by atoms with E-state index in [0.29, 0.717) is 23.2 Å². The molecule has 4 heterocycles. The van der Waals surface area contributed by atoms with Crippen LogP contribution < -0.4 is 5.32 Å². The van der Waals surface area contributed by atoms with Gasteiger partial charge >= 0.3 is 0 Å². The monoisotopic (exact) mass is 381 g/mol. The number of alkyl halides is 1. The SMILES string of the molecule is CC(=O)Nc1cc2c(cn1)c(C1CC1)nn2-c1cc(C)cc(C2(F)COC2)n1. The summed E-state index contributed by atoms with van der Waals surface area (Å²) in [5.41, 5.74) is 1.48. The molecule has 5 rings (SSSR count). The van der Waals surface area contributed by atoms with Gasteiger partial charge in [-0.1, -0.05) is 0 Å². The minimum Gasteiger partial charge on any atom is -0.374 e. The highest BCUT2D eigenvalue weighted by Gasteiger charge is 2.42. The van der Waals surface area contributed by atoms with Crippen molar-refractivity contribution < 1.29 is 13.9 Å². The van der Waals surface area contributed by atoms with Crippen LogP contribution >= 0.6 is 0 Å². The second-order valence-electron chi connectivity index (χ2n) is 7.69. The van der Waals surface area contributed by atoms with Gasteiger partial charge in [-0.25, -0.2) is 19.0 Å². The molecule has 144 valence electrons. The third kappa shape index (κ3) is 2.84. The first-order valence-corrected chi connectivity index (χ1v) is 9.35. The number of pyridine rings is 2. The van der Waals surface area contributed by atoms with Crippen LogP contribution in [-0.2, 0) is 15.2 Å². The maximum absolute atomic E-state index is 14.9. The molecule has 0 aromatic carbocycles. The highest BCUT2D eigenvalue weighted by atomic mass is 19.1. The van der Waals surface area contributed by atoms with Crippen LogP contribution in [-0.4, -0.2) is 38.9 Å². The zero-order valence-electron chi connectivity index (χ0n) is 15.7. The van der Waals surface area contributed by atoms with Gasteiger partial charge in [0, 0.05) is 30.5 Å². The maximum Gasteiger partial charge on any atom is 0.222 e. The fraction of sp³-hybridized carbons (Fsp3) is 0.400. The molecule has 3 aromatic rings. The number of ether oxygens (including phenoxy) is 1. The first kappa shape index (κ1) is 17.2. The zero-order valence-corrected chi connectivity index (χ0v) is 15.7. The number of hydrogen-bond donors (Lipinski definition) is 1. The summed E-state index contributed by atoms with van der Waals surface area (Å²) < 4.78 is 21.7. The van der Waals surface area contributed by atoms with Crippen molar-refractivity contribution in [3.63, 3.8) is 0 Å². The average molecular weight is 381 g/mol. The maximum atomic E-state index is 14.9. The summed E-state index contributed by atoms with van der Waals surface area (Å²) in [5, 5.41) is 8.44. The number of amides is 1. The van der Waals surface area contributed by atoms with Gasteiger partial charge in [0.15, 0.2) is 11.5 Å². The molecule has 1 aliphatic heterocycles. The lowest BCUT2D eigenvalue weighted by atomic mass is 9.98. The first-order valence-electron chi connectivity index (χ1n) is 9.35. The second-order valence-corrected chi connectivity index (χ2v) is 7.69. The van der Waals surface area contributed by atoms with Crippen LogP contribution in [0.5, 0.6) is 0 Å². The largest absolute Gasteiger partial charge is 0.374 e. The van der Waals surface area contributed by atoms with Crippen LogP contribution in [0.2, 0.25) is 0 Å². The molecule has 2 fully saturated rings. The lowest BCUT2D eigenvalue weighted by Gasteiger charge is -2.33. The predicted octanol–water partition coefficient (Wildman–Crippen LogP) is 3.15. The Balaban J connectivity index is 1.68. The number of halogens is 1. The van der Waals surface area contributed by atoms with Gasteiger partial charge in [-0.05, 0) is 37.5 Å². The van der Waals surface area contributed by atoms with Crippen LogP contribution in [0.4, 0.5) is 10.2 Å². The predicted molar refractivity (Wildman–Crippen MR) is 101 cm³/mol. The summed E-state index contributed by atoms with van der Waals surface area (Å²) in [7, 11) is 0. The summed E-state index contributed by atoms with van der Waals surface area (Å²) in [6, 6.07) is 5.43. The molecule has 1 saturated carbocycles. The van der Waals surface area contributed by atoms with Crippen LogP contribution in [0.15, 0.2) is 24.4 Å². The van der Waals surface area contributed by atoms with Crippen molar-refractivity contribution in [2.45, 2.75) is 38.3 Å². The van der Waals surface area contributed by atoms with Crippen molar-refractivity contribution in [1.29, 1.82) is 0 Å².